The topological polar surface area (TPSA) is 71.8 Å². The van der Waals surface area contributed by atoms with Crippen molar-refractivity contribution in [3.05, 3.63) is 36.2 Å². The van der Waals surface area contributed by atoms with Crippen molar-refractivity contribution in [2.75, 3.05) is 0 Å². The predicted molar refractivity (Wildman–Crippen MR) is 50.6 cm³/mol. The highest BCUT2D eigenvalue weighted by atomic mass is 32.1. The second-order valence-corrected chi connectivity index (χ2v) is 3.31. The maximum atomic E-state index is 9.73. The van der Waals surface area contributed by atoms with Crippen LogP contribution in [0.3, 0.4) is 0 Å². The molecule has 1 N–H and O–H groups in total. The minimum Gasteiger partial charge on any atom is -0.386 e. The summed E-state index contributed by atoms with van der Waals surface area (Å²) in [7, 11) is 0. The van der Waals surface area contributed by atoms with Crippen LogP contribution >= 0.6 is 11.7 Å². The maximum Gasteiger partial charge on any atom is 0.103 e. The van der Waals surface area contributed by atoms with Crippen LogP contribution in [0, 0.1) is 0 Å². The van der Waals surface area contributed by atoms with Crippen LogP contribution in [0.5, 0.6) is 0 Å². The van der Waals surface area contributed by atoms with Gasteiger partial charge < -0.3 is 5.11 Å². The third-order valence-electron chi connectivity index (χ3n) is 1.73. The van der Waals surface area contributed by atoms with E-state index in [2.05, 4.69) is 18.7 Å². The fourth-order valence-corrected chi connectivity index (χ4v) is 1.50. The van der Waals surface area contributed by atoms with Gasteiger partial charge in [-0.25, -0.2) is 0 Å². The molecule has 14 heavy (non-hydrogen) atoms. The molecule has 0 amide bonds. The monoisotopic (exact) mass is 208 g/mol. The lowest BCUT2D eigenvalue weighted by Gasteiger charge is -2.06. The van der Waals surface area contributed by atoms with Crippen LogP contribution in [-0.4, -0.2) is 23.8 Å². The molecule has 0 bridgehead atoms. The molecule has 1 atom stereocenters. The molecule has 0 fully saturated rings. The van der Waals surface area contributed by atoms with Gasteiger partial charge in [0.25, 0.3) is 0 Å². The third kappa shape index (κ3) is 2.09. The Balaban J connectivity index is 2.07. The lowest BCUT2D eigenvalue weighted by Crippen LogP contribution is -2.04. The van der Waals surface area contributed by atoms with Gasteiger partial charge in [-0.05, 0) is 0 Å². The number of rotatable bonds is 3. The molecule has 0 saturated heterocycles. The summed E-state index contributed by atoms with van der Waals surface area (Å²) in [6.07, 6.45) is 6.08. The lowest BCUT2D eigenvalue weighted by atomic mass is 10.1. The van der Waals surface area contributed by atoms with Crippen molar-refractivity contribution in [3.8, 4) is 0 Å². The Morgan fingerprint density at radius 3 is 2.93 bits per heavy atom. The van der Waals surface area contributed by atoms with Gasteiger partial charge in [0.1, 0.15) is 6.10 Å². The van der Waals surface area contributed by atoms with Crippen LogP contribution in [0.2, 0.25) is 0 Å². The summed E-state index contributed by atoms with van der Waals surface area (Å²) in [6.45, 7) is 0. The van der Waals surface area contributed by atoms with Gasteiger partial charge in [0.2, 0.25) is 0 Å². The molecular formula is C8H8N4OS. The van der Waals surface area contributed by atoms with E-state index in [4.69, 9.17) is 0 Å². The van der Waals surface area contributed by atoms with Crippen LogP contribution in [0.15, 0.2) is 24.8 Å². The molecule has 0 saturated carbocycles. The van der Waals surface area contributed by atoms with Crippen molar-refractivity contribution in [2.24, 2.45) is 0 Å². The van der Waals surface area contributed by atoms with E-state index in [9.17, 15) is 5.11 Å². The molecule has 2 aromatic rings. The number of aromatic nitrogens is 4. The van der Waals surface area contributed by atoms with E-state index >= 15 is 0 Å². The first-order chi connectivity index (χ1) is 6.86. The number of hydrogen-bond acceptors (Lipinski definition) is 6. The number of nitrogens with zero attached hydrogens (tertiary/aromatic N) is 4. The van der Waals surface area contributed by atoms with Crippen LogP contribution in [-0.2, 0) is 6.42 Å². The van der Waals surface area contributed by atoms with Crippen LogP contribution in [0.1, 0.15) is 17.5 Å². The van der Waals surface area contributed by atoms with Gasteiger partial charge in [0, 0.05) is 18.8 Å². The molecule has 0 aromatic carbocycles. The standard InChI is InChI=1S/C8H8N4OS/c13-8(3-6-4-11-14-12-6)7-5-9-1-2-10-7/h1-2,4-5,8,13H,3H2. The fraction of sp³-hybridized carbons (Fsp3) is 0.250. The first kappa shape index (κ1) is 9.17. The first-order valence-electron chi connectivity index (χ1n) is 4.06. The maximum absolute atomic E-state index is 9.73. The van der Waals surface area contributed by atoms with Crippen molar-refractivity contribution in [1.82, 2.24) is 18.7 Å². The Morgan fingerprint density at radius 2 is 2.29 bits per heavy atom. The Kier molecular flexibility index (Phi) is 2.76. The molecule has 72 valence electrons. The number of aliphatic hydroxyl groups is 1. The van der Waals surface area contributed by atoms with Gasteiger partial charge in [-0.3, -0.25) is 9.97 Å². The summed E-state index contributed by atoms with van der Waals surface area (Å²) >= 11 is 1.13. The van der Waals surface area contributed by atoms with Gasteiger partial charge in [0.05, 0.1) is 35.5 Å². The third-order valence-corrected chi connectivity index (χ3v) is 2.25. The second-order valence-electron chi connectivity index (χ2n) is 2.75. The summed E-state index contributed by atoms with van der Waals surface area (Å²) in [4.78, 5) is 7.88. The Bertz CT molecular complexity index is 378. The molecule has 0 spiro atoms. The van der Waals surface area contributed by atoms with E-state index in [1.807, 2.05) is 0 Å². The Hall–Kier alpha value is -1.40. The summed E-state index contributed by atoms with van der Waals surface area (Å²) in [6, 6.07) is 0. The number of hydrogen-bond donors (Lipinski definition) is 1. The highest BCUT2D eigenvalue weighted by Crippen LogP contribution is 2.13. The molecular weight excluding hydrogens is 200 g/mol. The zero-order valence-electron chi connectivity index (χ0n) is 7.24. The molecule has 0 aliphatic rings. The average molecular weight is 208 g/mol. The van der Waals surface area contributed by atoms with E-state index < -0.39 is 6.10 Å². The smallest absolute Gasteiger partial charge is 0.103 e. The van der Waals surface area contributed by atoms with Gasteiger partial charge in [-0.15, -0.1) is 0 Å². The molecule has 2 aromatic heterocycles. The van der Waals surface area contributed by atoms with Gasteiger partial charge in [-0.1, -0.05) is 0 Å². The van der Waals surface area contributed by atoms with Gasteiger partial charge in [0.15, 0.2) is 0 Å². The van der Waals surface area contributed by atoms with Crippen LogP contribution in [0.4, 0.5) is 0 Å². The van der Waals surface area contributed by atoms with Gasteiger partial charge in [-0.2, -0.15) is 8.75 Å². The highest BCUT2D eigenvalue weighted by molar-refractivity contribution is 6.99. The van der Waals surface area contributed by atoms with Crippen molar-refractivity contribution in [2.45, 2.75) is 12.5 Å². The highest BCUT2D eigenvalue weighted by Gasteiger charge is 2.11. The number of aliphatic hydroxyl groups excluding tert-OH is 1. The average Bonchev–Trinajstić information content (AvgIpc) is 2.72. The molecule has 1 unspecified atom stereocenters. The quantitative estimate of drug-likeness (QED) is 0.799. The van der Waals surface area contributed by atoms with Gasteiger partial charge >= 0.3 is 0 Å². The summed E-state index contributed by atoms with van der Waals surface area (Å²) in [5.41, 5.74) is 1.33. The summed E-state index contributed by atoms with van der Waals surface area (Å²) < 4.78 is 7.86. The van der Waals surface area contributed by atoms with E-state index in [1.54, 1.807) is 24.8 Å². The van der Waals surface area contributed by atoms with Crippen molar-refractivity contribution >= 4 is 11.7 Å². The zero-order chi connectivity index (χ0) is 9.80. The van der Waals surface area contributed by atoms with Crippen molar-refractivity contribution < 1.29 is 5.11 Å². The predicted octanol–water partition coefficient (Wildman–Crippen LogP) is 0.604. The minimum absolute atomic E-state index is 0.426. The molecule has 0 aliphatic heterocycles. The van der Waals surface area contributed by atoms with Crippen LogP contribution < -0.4 is 0 Å². The molecule has 0 radical (unpaired) electrons. The first-order valence-corrected chi connectivity index (χ1v) is 4.79. The normalized spacial score (nSPS) is 12.6. The minimum atomic E-state index is -0.660. The second kappa shape index (κ2) is 4.21. The zero-order valence-corrected chi connectivity index (χ0v) is 8.05. The molecule has 2 rings (SSSR count). The lowest BCUT2D eigenvalue weighted by molar-refractivity contribution is 0.172. The Morgan fingerprint density at radius 1 is 1.36 bits per heavy atom. The fourth-order valence-electron chi connectivity index (χ4n) is 1.06. The summed E-state index contributed by atoms with van der Waals surface area (Å²) in [5.74, 6) is 0. The molecule has 0 aliphatic carbocycles. The van der Waals surface area contributed by atoms with E-state index in [0.717, 1.165) is 17.4 Å². The van der Waals surface area contributed by atoms with E-state index in [0.29, 0.717) is 12.1 Å². The molecule has 5 nitrogen and oxygen atoms in total. The van der Waals surface area contributed by atoms with Crippen molar-refractivity contribution in [3.63, 3.8) is 0 Å². The van der Waals surface area contributed by atoms with E-state index in [-0.39, 0.29) is 0 Å². The SMILES string of the molecule is OC(Cc1cnsn1)c1cnccn1. The van der Waals surface area contributed by atoms with E-state index in [1.165, 1.54) is 0 Å². The molecule has 6 heteroatoms. The summed E-state index contributed by atoms with van der Waals surface area (Å²) in [5, 5.41) is 9.73. The van der Waals surface area contributed by atoms with Crippen molar-refractivity contribution in [1.29, 1.82) is 0 Å². The molecule has 2 heterocycles. The largest absolute Gasteiger partial charge is 0.386 e. The Labute approximate surface area is 84.8 Å². The van der Waals surface area contributed by atoms with Crippen LogP contribution in [0.25, 0.3) is 0 Å².